The first-order chi connectivity index (χ1) is 9.68. The van der Waals surface area contributed by atoms with Crippen molar-refractivity contribution in [3.8, 4) is 0 Å². The molecule has 0 atom stereocenters. The van der Waals surface area contributed by atoms with Gasteiger partial charge >= 0.3 is 0 Å². The molecule has 112 valence electrons. The number of rotatable bonds is 3. The van der Waals surface area contributed by atoms with Crippen LogP contribution in [0.15, 0.2) is 22.4 Å². The smallest absolute Gasteiger partial charge is 0.272 e. The summed E-state index contributed by atoms with van der Waals surface area (Å²) in [6.07, 6.45) is 0. The zero-order chi connectivity index (χ0) is 15.8. The Kier molecular flexibility index (Phi) is 4.57. The van der Waals surface area contributed by atoms with Crippen molar-refractivity contribution in [2.24, 2.45) is 0 Å². The van der Waals surface area contributed by atoms with Gasteiger partial charge in [0.1, 0.15) is 0 Å². The number of carbonyl (C=O) groups is 1. The molecule has 0 saturated heterocycles. The number of halogens is 2. The number of anilines is 1. The third-order valence-electron chi connectivity index (χ3n) is 2.64. The van der Waals surface area contributed by atoms with Crippen LogP contribution in [-0.2, 0) is 9.05 Å². The number of hydrogen-bond acceptors (Lipinski definition) is 5. The van der Waals surface area contributed by atoms with E-state index in [1.54, 1.807) is 19.1 Å². The fraction of sp³-hybridized carbons (Fsp3) is 0.167. The number of benzene rings is 1. The van der Waals surface area contributed by atoms with E-state index < -0.39 is 15.0 Å². The van der Waals surface area contributed by atoms with Crippen LogP contribution >= 0.6 is 33.6 Å². The summed E-state index contributed by atoms with van der Waals surface area (Å²) in [5, 5.41) is 3.14. The van der Waals surface area contributed by atoms with Gasteiger partial charge in [-0.05, 0) is 31.5 Å². The van der Waals surface area contributed by atoms with Crippen LogP contribution in [0.4, 0.5) is 5.13 Å². The second-order valence-corrected chi connectivity index (χ2v) is 8.44. The van der Waals surface area contributed by atoms with Gasteiger partial charge < -0.3 is 0 Å². The molecule has 1 heterocycles. The van der Waals surface area contributed by atoms with E-state index in [2.05, 4.69) is 10.3 Å². The lowest BCUT2D eigenvalue weighted by Crippen LogP contribution is -2.13. The molecule has 2 rings (SSSR count). The summed E-state index contributed by atoms with van der Waals surface area (Å²) >= 11 is 6.67. The zero-order valence-electron chi connectivity index (χ0n) is 11.0. The molecule has 1 amide bonds. The van der Waals surface area contributed by atoms with Crippen LogP contribution in [0.1, 0.15) is 21.6 Å². The van der Waals surface area contributed by atoms with Gasteiger partial charge in [0.25, 0.3) is 15.0 Å². The molecule has 0 unspecified atom stereocenters. The second kappa shape index (κ2) is 5.92. The largest absolute Gasteiger partial charge is 0.298 e. The average molecular weight is 365 g/mol. The lowest BCUT2D eigenvalue weighted by Gasteiger charge is -2.05. The highest BCUT2D eigenvalue weighted by molar-refractivity contribution is 8.15. The van der Waals surface area contributed by atoms with Crippen molar-refractivity contribution in [3.63, 3.8) is 0 Å². The molecule has 1 N–H and O–H groups in total. The van der Waals surface area contributed by atoms with Crippen molar-refractivity contribution >= 4 is 53.7 Å². The third kappa shape index (κ3) is 3.74. The number of nitrogens with zero attached hydrogens (tertiary/aromatic N) is 1. The minimum atomic E-state index is -3.87. The van der Waals surface area contributed by atoms with Crippen LogP contribution < -0.4 is 5.32 Å². The van der Waals surface area contributed by atoms with Crippen molar-refractivity contribution in [1.82, 2.24) is 4.98 Å². The van der Waals surface area contributed by atoms with E-state index in [0.717, 1.165) is 16.9 Å². The lowest BCUT2D eigenvalue weighted by molar-refractivity contribution is 0.102. The number of nitrogens with one attached hydrogen (secondary N) is 1. The monoisotopic (exact) mass is 364 g/mol. The van der Waals surface area contributed by atoms with Gasteiger partial charge in [-0.1, -0.05) is 29.0 Å². The van der Waals surface area contributed by atoms with E-state index in [0.29, 0.717) is 10.6 Å². The Bertz CT molecular complexity index is 816. The molecule has 0 bridgehead atoms. The quantitative estimate of drug-likeness (QED) is 0.844. The summed E-state index contributed by atoms with van der Waals surface area (Å²) < 4.78 is 22.6. The van der Waals surface area contributed by atoms with Gasteiger partial charge in [0, 0.05) is 21.3 Å². The Morgan fingerprint density at radius 1 is 1.33 bits per heavy atom. The standard InChI is InChI=1S/C12H10Cl2N2O3S2/c1-6-3-4-8(13)5-9(6)10(17)16-12-15-7(2)11(20-12)21(14,18)19/h3-5H,1-2H3,(H,15,16,17). The van der Waals surface area contributed by atoms with Crippen LogP contribution in [0.3, 0.4) is 0 Å². The highest BCUT2D eigenvalue weighted by Crippen LogP contribution is 2.30. The molecule has 0 spiro atoms. The van der Waals surface area contributed by atoms with Crippen LogP contribution in [0.25, 0.3) is 0 Å². The number of amides is 1. The molecule has 1 aromatic heterocycles. The molecule has 0 fully saturated rings. The van der Waals surface area contributed by atoms with Crippen LogP contribution in [0.5, 0.6) is 0 Å². The van der Waals surface area contributed by atoms with E-state index >= 15 is 0 Å². The molecular weight excluding hydrogens is 355 g/mol. The van der Waals surface area contributed by atoms with Gasteiger partial charge in [0.2, 0.25) is 0 Å². The second-order valence-electron chi connectivity index (χ2n) is 4.24. The van der Waals surface area contributed by atoms with E-state index in [1.807, 2.05) is 0 Å². The maximum atomic E-state index is 12.2. The molecular formula is C12H10Cl2N2O3S2. The Hall–Kier alpha value is -1.15. The molecule has 5 nitrogen and oxygen atoms in total. The van der Waals surface area contributed by atoms with E-state index in [4.69, 9.17) is 22.3 Å². The number of aromatic nitrogens is 1. The minimum absolute atomic E-state index is 0.0812. The van der Waals surface area contributed by atoms with Gasteiger partial charge in [0.05, 0.1) is 5.69 Å². The van der Waals surface area contributed by atoms with Crippen molar-refractivity contribution in [2.45, 2.75) is 18.1 Å². The summed E-state index contributed by atoms with van der Waals surface area (Å²) in [6.45, 7) is 3.28. The summed E-state index contributed by atoms with van der Waals surface area (Å²) in [7, 11) is 1.42. The number of thiazole rings is 1. The predicted octanol–water partition coefficient (Wildman–Crippen LogP) is 3.59. The van der Waals surface area contributed by atoms with Crippen LogP contribution in [0.2, 0.25) is 5.02 Å². The summed E-state index contributed by atoms with van der Waals surface area (Å²) in [5.41, 5.74) is 1.38. The summed E-state index contributed by atoms with van der Waals surface area (Å²) in [4.78, 5) is 16.2. The Labute approximate surface area is 135 Å². The molecule has 0 saturated carbocycles. The molecule has 9 heteroatoms. The Balaban J connectivity index is 2.30. The zero-order valence-corrected chi connectivity index (χ0v) is 14.1. The first kappa shape index (κ1) is 16.2. The van der Waals surface area contributed by atoms with Crippen molar-refractivity contribution in [3.05, 3.63) is 40.0 Å². The molecule has 1 aromatic carbocycles. The van der Waals surface area contributed by atoms with Crippen molar-refractivity contribution < 1.29 is 13.2 Å². The third-order valence-corrected chi connectivity index (χ3v) is 6.13. The summed E-state index contributed by atoms with van der Waals surface area (Å²) in [6, 6.07) is 4.93. The van der Waals surface area contributed by atoms with E-state index in [-0.39, 0.29) is 15.0 Å². The van der Waals surface area contributed by atoms with E-state index in [9.17, 15) is 13.2 Å². The molecule has 0 aliphatic heterocycles. The predicted molar refractivity (Wildman–Crippen MR) is 84.0 cm³/mol. The number of hydrogen-bond donors (Lipinski definition) is 1. The average Bonchev–Trinajstić information content (AvgIpc) is 2.73. The highest BCUT2D eigenvalue weighted by atomic mass is 35.7. The molecule has 0 aliphatic carbocycles. The van der Waals surface area contributed by atoms with Gasteiger partial charge in [-0.2, -0.15) is 0 Å². The van der Waals surface area contributed by atoms with Crippen molar-refractivity contribution in [1.29, 1.82) is 0 Å². The van der Waals surface area contributed by atoms with Gasteiger partial charge in [-0.3, -0.25) is 10.1 Å². The molecule has 2 aromatic rings. The maximum Gasteiger partial charge on any atom is 0.272 e. The highest BCUT2D eigenvalue weighted by Gasteiger charge is 2.20. The topological polar surface area (TPSA) is 76.1 Å². The van der Waals surface area contributed by atoms with Gasteiger partial charge in [0.15, 0.2) is 9.34 Å². The SMILES string of the molecule is Cc1ccc(Cl)cc1C(=O)Nc1nc(C)c(S(=O)(=O)Cl)s1. The van der Waals surface area contributed by atoms with Crippen LogP contribution in [0, 0.1) is 13.8 Å². The first-order valence-corrected chi connectivity index (χ1v) is 9.18. The fourth-order valence-corrected chi connectivity index (χ4v) is 4.18. The van der Waals surface area contributed by atoms with Gasteiger partial charge in [-0.25, -0.2) is 13.4 Å². The molecule has 0 aliphatic rings. The van der Waals surface area contributed by atoms with Crippen molar-refractivity contribution in [2.75, 3.05) is 5.32 Å². The maximum absolute atomic E-state index is 12.2. The summed E-state index contributed by atoms with van der Waals surface area (Å²) in [5.74, 6) is -0.415. The van der Waals surface area contributed by atoms with Crippen LogP contribution in [-0.4, -0.2) is 19.3 Å². The Morgan fingerprint density at radius 3 is 2.57 bits per heavy atom. The Morgan fingerprint density at radius 2 is 2.00 bits per heavy atom. The minimum Gasteiger partial charge on any atom is -0.298 e. The van der Waals surface area contributed by atoms with E-state index in [1.165, 1.54) is 13.0 Å². The molecule has 21 heavy (non-hydrogen) atoms. The van der Waals surface area contributed by atoms with Gasteiger partial charge in [-0.15, -0.1) is 0 Å². The number of aryl methyl sites for hydroxylation is 2. The normalized spacial score (nSPS) is 11.4. The fourth-order valence-electron chi connectivity index (χ4n) is 1.67. The molecule has 0 radical (unpaired) electrons. The number of carbonyl (C=O) groups excluding carboxylic acids is 1. The lowest BCUT2D eigenvalue weighted by atomic mass is 10.1. The first-order valence-electron chi connectivity index (χ1n) is 5.68.